The standard InChI is InChI=1S/C17H18N4O3/c1-10-7-13-15(21(10)2)19-14(20-16(13)22)17(23)18-9-11-5-4-6-12(8-11)24-3/h4-8,13H,9H2,1-3H3,(H,18,23). The first-order valence-corrected chi connectivity index (χ1v) is 7.54. The fourth-order valence-corrected chi connectivity index (χ4v) is 2.60. The Hall–Kier alpha value is -2.96. The molecule has 2 aliphatic rings. The quantitative estimate of drug-likeness (QED) is 0.898. The van der Waals surface area contributed by atoms with Gasteiger partial charge in [0.25, 0.3) is 11.8 Å². The lowest BCUT2D eigenvalue weighted by molar-refractivity contribution is -0.120. The number of aliphatic imine (C=N–C) groups is 2. The maximum atomic E-state index is 12.3. The average molecular weight is 326 g/mol. The maximum Gasteiger partial charge on any atom is 0.289 e. The molecule has 1 aromatic carbocycles. The molecule has 1 unspecified atom stereocenters. The van der Waals surface area contributed by atoms with Gasteiger partial charge in [0, 0.05) is 19.3 Å². The van der Waals surface area contributed by atoms with E-state index in [1.807, 2.05) is 38.2 Å². The molecule has 0 fully saturated rings. The summed E-state index contributed by atoms with van der Waals surface area (Å²) in [5, 5.41) is 2.73. The number of carbonyl (C=O) groups is 2. The minimum atomic E-state index is -0.482. The number of rotatable bonds is 4. The molecule has 2 aliphatic heterocycles. The summed E-state index contributed by atoms with van der Waals surface area (Å²) >= 11 is 0. The van der Waals surface area contributed by atoms with Gasteiger partial charge in [0.15, 0.2) is 0 Å². The Balaban J connectivity index is 1.71. The number of benzene rings is 1. The normalized spacial score (nSPS) is 19.3. The molecular weight excluding hydrogens is 308 g/mol. The summed E-state index contributed by atoms with van der Waals surface area (Å²) in [6.07, 6.45) is 1.80. The van der Waals surface area contributed by atoms with Crippen LogP contribution in [0.1, 0.15) is 12.5 Å². The van der Waals surface area contributed by atoms with Crippen LogP contribution in [0, 0.1) is 5.92 Å². The van der Waals surface area contributed by atoms with Crippen molar-refractivity contribution in [3.05, 3.63) is 41.6 Å². The highest BCUT2D eigenvalue weighted by Gasteiger charge is 2.36. The number of allylic oxidation sites excluding steroid dienone is 1. The summed E-state index contributed by atoms with van der Waals surface area (Å²) in [6.45, 7) is 2.18. The molecule has 0 spiro atoms. The van der Waals surface area contributed by atoms with E-state index in [2.05, 4.69) is 15.3 Å². The van der Waals surface area contributed by atoms with Gasteiger partial charge in [0.2, 0.25) is 5.84 Å². The van der Waals surface area contributed by atoms with Crippen molar-refractivity contribution in [2.75, 3.05) is 14.2 Å². The molecule has 124 valence electrons. The summed E-state index contributed by atoms with van der Waals surface area (Å²) in [5.74, 6) is -0.178. The molecule has 7 nitrogen and oxygen atoms in total. The Kier molecular flexibility index (Phi) is 4.16. The van der Waals surface area contributed by atoms with Gasteiger partial charge in [0.1, 0.15) is 17.5 Å². The van der Waals surface area contributed by atoms with Gasteiger partial charge in [0.05, 0.1) is 7.11 Å². The first-order chi connectivity index (χ1) is 11.5. The topological polar surface area (TPSA) is 83.4 Å². The van der Waals surface area contributed by atoms with Gasteiger partial charge in [-0.05, 0) is 30.7 Å². The number of ether oxygens (including phenoxy) is 1. The third-order valence-corrected chi connectivity index (χ3v) is 4.05. The highest BCUT2D eigenvalue weighted by molar-refractivity contribution is 6.43. The molecule has 7 heteroatoms. The van der Waals surface area contributed by atoms with E-state index >= 15 is 0 Å². The van der Waals surface area contributed by atoms with Crippen molar-refractivity contribution in [3.63, 3.8) is 0 Å². The molecule has 2 heterocycles. The Morgan fingerprint density at radius 1 is 1.38 bits per heavy atom. The van der Waals surface area contributed by atoms with Gasteiger partial charge < -0.3 is 15.0 Å². The van der Waals surface area contributed by atoms with Crippen LogP contribution in [0.3, 0.4) is 0 Å². The highest BCUT2D eigenvalue weighted by atomic mass is 16.5. The zero-order valence-corrected chi connectivity index (χ0v) is 13.7. The lowest BCUT2D eigenvalue weighted by Gasteiger charge is -2.19. The molecule has 1 N–H and O–H groups in total. The fraction of sp³-hybridized carbons (Fsp3) is 0.294. The van der Waals surface area contributed by atoms with Gasteiger partial charge in [-0.3, -0.25) is 9.59 Å². The first kappa shape index (κ1) is 15.9. The fourth-order valence-electron chi connectivity index (χ4n) is 2.60. The van der Waals surface area contributed by atoms with Crippen LogP contribution in [0.2, 0.25) is 0 Å². The van der Waals surface area contributed by atoms with Crippen molar-refractivity contribution in [2.24, 2.45) is 15.9 Å². The van der Waals surface area contributed by atoms with Crippen molar-refractivity contribution in [1.29, 1.82) is 0 Å². The minimum absolute atomic E-state index is 0.107. The van der Waals surface area contributed by atoms with E-state index in [-0.39, 0.29) is 11.7 Å². The van der Waals surface area contributed by atoms with Crippen molar-refractivity contribution in [1.82, 2.24) is 10.2 Å². The van der Waals surface area contributed by atoms with Crippen LogP contribution < -0.4 is 10.1 Å². The van der Waals surface area contributed by atoms with Gasteiger partial charge >= 0.3 is 0 Å². The molecule has 0 saturated carbocycles. The van der Waals surface area contributed by atoms with E-state index in [4.69, 9.17) is 4.74 Å². The molecule has 0 radical (unpaired) electrons. The first-order valence-electron chi connectivity index (χ1n) is 7.54. The highest BCUT2D eigenvalue weighted by Crippen LogP contribution is 2.24. The maximum absolute atomic E-state index is 12.3. The average Bonchev–Trinajstić information content (AvgIpc) is 2.88. The number of amides is 2. The van der Waals surface area contributed by atoms with Gasteiger partial charge in [-0.1, -0.05) is 12.1 Å². The second-order valence-electron chi connectivity index (χ2n) is 5.62. The van der Waals surface area contributed by atoms with E-state index in [0.29, 0.717) is 18.1 Å². The lowest BCUT2D eigenvalue weighted by Crippen LogP contribution is -2.38. The predicted octanol–water partition coefficient (Wildman–Crippen LogP) is 1.11. The molecular formula is C17H18N4O3. The number of hydrogen-bond acceptors (Lipinski definition) is 5. The molecule has 0 aliphatic carbocycles. The van der Waals surface area contributed by atoms with Crippen LogP contribution in [-0.4, -0.2) is 42.5 Å². The molecule has 1 atom stereocenters. The summed E-state index contributed by atoms with van der Waals surface area (Å²) in [5.41, 5.74) is 1.80. The van der Waals surface area contributed by atoms with E-state index in [1.54, 1.807) is 18.1 Å². The summed E-state index contributed by atoms with van der Waals surface area (Å²) in [4.78, 5) is 34.3. The molecule has 1 aromatic rings. The number of carbonyl (C=O) groups excluding carboxylic acids is 2. The smallest absolute Gasteiger partial charge is 0.289 e. The van der Waals surface area contributed by atoms with Crippen LogP contribution in [0.15, 0.2) is 46.0 Å². The molecule has 3 rings (SSSR count). The van der Waals surface area contributed by atoms with E-state index in [0.717, 1.165) is 11.3 Å². The van der Waals surface area contributed by atoms with E-state index < -0.39 is 11.8 Å². The van der Waals surface area contributed by atoms with Crippen LogP contribution in [0.25, 0.3) is 0 Å². The minimum Gasteiger partial charge on any atom is -0.497 e. The summed E-state index contributed by atoms with van der Waals surface area (Å²) in [7, 11) is 3.40. The lowest BCUT2D eigenvalue weighted by atomic mass is 10.1. The second kappa shape index (κ2) is 6.27. The van der Waals surface area contributed by atoms with Crippen LogP contribution in [0.4, 0.5) is 0 Å². The molecule has 2 amide bonds. The number of fused-ring (bicyclic) bond motifs is 1. The van der Waals surface area contributed by atoms with E-state index in [1.165, 1.54) is 0 Å². The van der Waals surface area contributed by atoms with E-state index in [9.17, 15) is 9.59 Å². The summed E-state index contributed by atoms with van der Waals surface area (Å²) in [6, 6.07) is 7.37. The Morgan fingerprint density at radius 2 is 2.17 bits per heavy atom. The number of hydrogen-bond donors (Lipinski definition) is 1. The third-order valence-electron chi connectivity index (χ3n) is 4.05. The van der Waals surface area contributed by atoms with Crippen molar-refractivity contribution < 1.29 is 14.3 Å². The van der Waals surface area contributed by atoms with Crippen LogP contribution in [-0.2, 0) is 16.1 Å². The summed E-state index contributed by atoms with van der Waals surface area (Å²) < 4.78 is 5.15. The van der Waals surface area contributed by atoms with Crippen molar-refractivity contribution in [2.45, 2.75) is 13.5 Å². The van der Waals surface area contributed by atoms with Gasteiger partial charge in [-0.15, -0.1) is 0 Å². The molecule has 0 bridgehead atoms. The Bertz CT molecular complexity index is 795. The largest absolute Gasteiger partial charge is 0.497 e. The number of amidine groups is 2. The van der Waals surface area contributed by atoms with Crippen LogP contribution in [0.5, 0.6) is 5.75 Å². The second-order valence-corrected chi connectivity index (χ2v) is 5.62. The number of methoxy groups -OCH3 is 1. The van der Waals surface area contributed by atoms with Gasteiger partial charge in [-0.2, -0.15) is 4.99 Å². The molecule has 24 heavy (non-hydrogen) atoms. The van der Waals surface area contributed by atoms with Gasteiger partial charge in [-0.25, -0.2) is 4.99 Å². The monoisotopic (exact) mass is 326 g/mol. The zero-order chi connectivity index (χ0) is 17.3. The predicted molar refractivity (Wildman–Crippen MR) is 89.7 cm³/mol. The number of nitrogens with one attached hydrogen (secondary N) is 1. The SMILES string of the molecule is COc1cccc(CNC(=O)C2=NC(=O)C3C=C(C)N(C)C3=N2)c1. The molecule has 0 aromatic heterocycles. The number of nitrogens with zero attached hydrogens (tertiary/aromatic N) is 3. The third kappa shape index (κ3) is 2.92. The zero-order valence-electron chi connectivity index (χ0n) is 13.7. The Labute approximate surface area is 139 Å². The Morgan fingerprint density at radius 3 is 2.92 bits per heavy atom. The van der Waals surface area contributed by atoms with Crippen molar-refractivity contribution in [3.8, 4) is 5.75 Å². The van der Waals surface area contributed by atoms with Crippen LogP contribution >= 0.6 is 0 Å². The molecule has 0 saturated heterocycles. The van der Waals surface area contributed by atoms with Crippen molar-refractivity contribution >= 4 is 23.5 Å².